The molecule has 100 valence electrons. The number of ether oxygens (including phenoxy) is 1. The number of benzene rings is 1. The molecule has 0 aliphatic carbocycles. The fourth-order valence-electron chi connectivity index (χ4n) is 1.41. The first-order chi connectivity index (χ1) is 8.88. The molecule has 0 spiro atoms. The molecule has 7 heteroatoms. The van der Waals surface area contributed by atoms with Crippen molar-refractivity contribution < 1.29 is 17.9 Å². The highest BCUT2D eigenvalue weighted by Crippen LogP contribution is 2.39. The summed E-state index contributed by atoms with van der Waals surface area (Å²) in [6.45, 7) is 0. The number of hydrogen-bond acceptors (Lipinski definition) is 3. The Balaban J connectivity index is 2.44. The molecule has 2 aromatic rings. The predicted octanol–water partition coefficient (Wildman–Crippen LogP) is 4.13. The lowest BCUT2D eigenvalue weighted by molar-refractivity contribution is -0.138. The van der Waals surface area contributed by atoms with E-state index in [2.05, 4.69) is 4.98 Å². The highest BCUT2D eigenvalue weighted by Gasteiger charge is 2.35. The number of hydrogen-bond donors (Lipinski definition) is 1. The van der Waals surface area contributed by atoms with Crippen LogP contribution in [-0.4, -0.2) is 4.98 Å². The van der Waals surface area contributed by atoms with Gasteiger partial charge in [-0.25, -0.2) is 4.98 Å². The second-order valence-corrected chi connectivity index (χ2v) is 4.05. The van der Waals surface area contributed by atoms with Crippen molar-refractivity contribution in [3.63, 3.8) is 0 Å². The van der Waals surface area contributed by atoms with Gasteiger partial charge in [-0.2, -0.15) is 13.2 Å². The molecule has 2 N–H and O–H groups in total. The van der Waals surface area contributed by atoms with Gasteiger partial charge in [0.05, 0.1) is 0 Å². The number of nitrogens with two attached hydrogens (primary N) is 1. The summed E-state index contributed by atoms with van der Waals surface area (Å²) in [5.74, 6) is -0.498. The van der Waals surface area contributed by atoms with Crippen LogP contribution in [0.3, 0.4) is 0 Å². The molecule has 0 saturated heterocycles. The Morgan fingerprint density at radius 3 is 2.58 bits per heavy atom. The van der Waals surface area contributed by atoms with Gasteiger partial charge < -0.3 is 10.5 Å². The molecule has 2 rings (SSSR count). The normalized spacial score (nSPS) is 11.4. The first-order valence-electron chi connectivity index (χ1n) is 5.13. The summed E-state index contributed by atoms with van der Waals surface area (Å²) in [6.07, 6.45) is -3.21. The lowest BCUT2D eigenvalue weighted by Crippen LogP contribution is -2.08. The van der Waals surface area contributed by atoms with E-state index in [4.69, 9.17) is 22.1 Å². The van der Waals surface area contributed by atoms with E-state index >= 15 is 0 Å². The predicted molar refractivity (Wildman–Crippen MR) is 65.2 cm³/mol. The zero-order valence-corrected chi connectivity index (χ0v) is 10.2. The van der Waals surface area contributed by atoms with Gasteiger partial charge in [0, 0.05) is 11.9 Å². The van der Waals surface area contributed by atoms with Crippen molar-refractivity contribution >= 4 is 17.3 Å². The third-order valence-electron chi connectivity index (χ3n) is 2.24. The Morgan fingerprint density at radius 1 is 1.21 bits per heavy atom. The SMILES string of the molecule is Nc1ccc(Oc2ncccc2Cl)c(C(F)(F)F)c1. The van der Waals surface area contributed by atoms with Crippen LogP contribution in [0.5, 0.6) is 11.6 Å². The Bertz CT molecular complexity index is 602. The van der Waals surface area contributed by atoms with E-state index in [1.54, 1.807) is 6.07 Å². The molecule has 0 aliphatic rings. The van der Waals surface area contributed by atoms with Gasteiger partial charge >= 0.3 is 6.18 Å². The topological polar surface area (TPSA) is 48.1 Å². The third kappa shape index (κ3) is 3.08. The number of nitrogen functional groups attached to an aromatic ring is 1. The first kappa shape index (κ1) is 13.5. The van der Waals surface area contributed by atoms with Crippen LogP contribution < -0.4 is 10.5 Å². The second-order valence-electron chi connectivity index (χ2n) is 3.65. The minimum Gasteiger partial charge on any atom is -0.437 e. The van der Waals surface area contributed by atoms with E-state index in [1.165, 1.54) is 18.3 Å². The van der Waals surface area contributed by atoms with E-state index in [0.717, 1.165) is 12.1 Å². The van der Waals surface area contributed by atoms with Crippen molar-refractivity contribution in [2.75, 3.05) is 5.73 Å². The Hall–Kier alpha value is -1.95. The van der Waals surface area contributed by atoms with Crippen LogP contribution in [0.4, 0.5) is 18.9 Å². The summed E-state index contributed by atoms with van der Waals surface area (Å²) in [6, 6.07) is 6.24. The number of pyridine rings is 1. The largest absolute Gasteiger partial charge is 0.437 e. The molecule has 0 saturated carbocycles. The molecule has 0 unspecified atom stereocenters. The van der Waals surface area contributed by atoms with Crippen LogP contribution in [-0.2, 0) is 6.18 Å². The molecule has 1 aromatic carbocycles. The van der Waals surface area contributed by atoms with Crippen LogP contribution in [0.15, 0.2) is 36.5 Å². The van der Waals surface area contributed by atoms with E-state index in [9.17, 15) is 13.2 Å². The number of rotatable bonds is 2. The second kappa shape index (κ2) is 4.97. The van der Waals surface area contributed by atoms with Crippen molar-refractivity contribution in [1.82, 2.24) is 4.98 Å². The van der Waals surface area contributed by atoms with Crippen molar-refractivity contribution in [3.05, 3.63) is 47.1 Å². The van der Waals surface area contributed by atoms with E-state index in [1.807, 2.05) is 0 Å². The number of halogens is 4. The maximum atomic E-state index is 12.8. The average molecular weight is 289 g/mol. The van der Waals surface area contributed by atoms with Crippen LogP contribution in [0, 0.1) is 0 Å². The molecular formula is C12H8ClF3N2O. The Kier molecular flexibility index (Phi) is 3.53. The zero-order valence-electron chi connectivity index (χ0n) is 9.41. The molecule has 1 heterocycles. The van der Waals surface area contributed by atoms with Gasteiger partial charge in [-0.3, -0.25) is 0 Å². The highest BCUT2D eigenvalue weighted by molar-refractivity contribution is 6.31. The standard InChI is InChI=1S/C12H8ClF3N2O/c13-9-2-1-5-18-11(9)19-10-4-3-7(17)6-8(10)12(14,15)16/h1-6H,17H2. The fourth-order valence-corrected chi connectivity index (χ4v) is 1.57. The Morgan fingerprint density at radius 2 is 1.95 bits per heavy atom. The number of aromatic nitrogens is 1. The summed E-state index contributed by atoms with van der Waals surface area (Å²) in [7, 11) is 0. The minimum absolute atomic E-state index is 0.00760. The molecule has 0 bridgehead atoms. The molecule has 0 amide bonds. The fraction of sp³-hybridized carbons (Fsp3) is 0.0833. The third-order valence-corrected chi connectivity index (χ3v) is 2.53. The quantitative estimate of drug-likeness (QED) is 0.845. The smallest absolute Gasteiger partial charge is 0.420 e. The summed E-state index contributed by atoms with van der Waals surface area (Å²) < 4.78 is 43.6. The maximum absolute atomic E-state index is 12.8. The summed E-state index contributed by atoms with van der Waals surface area (Å²) in [5, 5.41) is 0.118. The summed E-state index contributed by atoms with van der Waals surface area (Å²) >= 11 is 5.78. The van der Waals surface area contributed by atoms with Crippen LogP contribution in [0.25, 0.3) is 0 Å². The molecule has 3 nitrogen and oxygen atoms in total. The monoisotopic (exact) mass is 288 g/mol. The van der Waals surface area contributed by atoms with Gasteiger partial charge in [0.25, 0.3) is 0 Å². The van der Waals surface area contributed by atoms with Crippen molar-refractivity contribution in [2.24, 2.45) is 0 Å². The molecule has 0 radical (unpaired) electrons. The number of nitrogens with zero attached hydrogens (tertiary/aromatic N) is 1. The lowest BCUT2D eigenvalue weighted by Gasteiger charge is -2.14. The van der Waals surface area contributed by atoms with E-state index < -0.39 is 17.5 Å². The van der Waals surface area contributed by atoms with E-state index in [-0.39, 0.29) is 16.6 Å². The van der Waals surface area contributed by atoms with Crippen LogP contribution >= 0.6 is 11.6 Å². The summed E-state index contributed by atoms with van der Waals surface area (Å²) in [5.41, 5.74) is 4.37. The molecule has 0 aliphatic heterocycles. The zero-order chi connectivity index (χ0) is 14.0. The first-order valence-corrected chi connectivity index (χ1v) is 5.51. The summed E-state index contributed by atoms with van der Waals surface area (Å²) in [4.78, 5) is 3.77. The van der Waals surface area contributed by atoms with Gasteiger partial charge in [0.1, 0.15) is 16.3 Å². The van der Waals surface area contributed by atoms with Crippen molar-refractivity contribution in [1.29, 1.82) is 0 Å². The van der Waals surface area contributed by atoms with Gasteiger partial charge in [0.2, 0.25) is 5.88 Å². The maximum Gasteiger partial charge on any atom is 0.420 e. The van der Waals surface area contributed by atoms with E-state index in [0.29, 0.717) is 0 Å². The van der Waals surface area contributed by atoms with Crippen molar-refractivity contribution in [3.8, 4) is 11.6 Å². The number of alkyl halides is 3. The number of anilines is 1. The van der Waals surface area contributed by atoms with Gasteiger partial charge in [-0.05, 0) is 30.3 Å². The van der Waals surface area contributed by atoms with Crippen LogP contribution in [0.2, 0.25) is 5.02 Å². The van der Waals surface area contributed by atoms with Gasteiger partial charge in [0.15, 0.2) is 0 Å². The molecule has 19 heavy (non-hydrogen) atoms. The molecule has 0 fully saturated rings. The molecular weight excluding hydrogens is 281 g/mol. The lowest BCUT2D eigenvalue weighted by atomic mass is 10.1. The van der Waals surface area contributed by atoms with Crippen molar-refractivity contribution in [2.45, 2.75) is 6.18 Å². The van der Waals surface area contributed by atoms with Gasteiger partial charge in [-0.15, -0.1) is 0 Å². The molecule has 1 aromatic heterocycles. The van der Waals surface area contributed by atoms with Gasteiger partial charge in [-0.1, -0.05) is 11.6 Å². The Labute approximate surface area is 111 Å². The average Bonchev–Trinajstić information content (AvgIpc) is 2.33. The molecule has 0 atom stereocenters. The minimum atomic E-state index is -4.58. The van der Waals surface area contributed by atoms with Crippen LogP contribution in [0.1, 0.15) is 5.56 Å². The highest BCUT2D eigenvalue weighted by atomic mass is 35.5.